The SMILES string of the molecule is c1ccc(-c2ccc3oc4cccc(Nc5cccc6c5-c5ccccc5C65c6ccccc6-c6ccccc65)c4c3c2)cc1. The largest absolute Gasteiger partial charge is 0.456 e. The van der Waals surface area contributed by atoms with Crippen molar-refractivity contribution in [1.82, 2.24) is 0 Å². The van der Waals surface area contributed by atoms with Gasteiger partial charge in [-0.3, -0.25) is 0 Å². The zero-order valence-corrected chi connectivity index (χ0v) is 24.4. The lowest BCUT2D eigenvalue weighted by Crippen LogP contribution is -2.25. The van der Waals surface area contributed by atoms with E-state index in [0.29, 0.717) is 0 Å². The van der Waals surface area contributed by atoms with Crippen LogP contribution in [0.1, 0.15) is 22.3 Å². The third-order valence-corrected chi connectivity index (χ3v) is 9.89. The molecule has 10 rings (SSSR count). The summed E-state index contributed by atoms with van der Waals surface area (Å²) in [5, 5.41) is 6.13. The maximum Gasteiger partial charge on any atom is 0.137 e. The summed E-state index contributed by atoms with van der Waals surface area (Å²) in [4.78, 5) is 0. The summed E-state index contributed by atoms with van der Waals surface area (Å²) in [6.45, 7) is 0. The van der Waals surface area contributed by atoms with E-state index in [9.17, 15) is 0 Å². The first-order chi connectivity index (χ1) is 22.3. The fourth-order valence-electron chi connectivity index (χ4n) is 8.13. The van der Waals surface area contributed by atoms with Crippen LogP contribution in [-0.4, -0.2) is 0 Å². The van der Waals surface area contributed by atoms with Gasteiger partial charge >= 0.3 is 0 Å². The van der Waals surface area contributed by atoms with Gasteiger partial charge in [-0.05, 0) is 80.4 Å². The van der Waals surface area contributed by atoms with E-state index >= 15 is 0 Å². The molecule has 0 saturated heterocycles. The van der Waals surface area contributed by atoms with Gasteiger partial charge in [-0.1, -0.05) is 127 Å². The van der Waals surface area contributed by atoms with Crippen LogP contribution in [0.4, 0.5) is 11.4 Å². The summed E-state index contributed by atoms with van der Waals surface area (Å²) >= 11 is 0. The molecule has 0 atom stereocenters. The Hall–Kier alpha value is -5.86. The van der Waals surface area contributed by atoms with Crippen LogP contribution in [0.2, 0.25) is 0 Å². The number of nitrogens with one attached hydrogen (secondary N) is 1. The second kappa shape index (κ2) is 9.07. The van der Waals surface area contributed by atoms with Crippen molar-refractivity contribution in [3.63, 3.8) is 0 Å². The maximum absolute atomic E-state index is 6.38. The zero-order chi connectivity index (χ0) is 29.5. The molecule has 1 N–H and O–H groups in total. The molecule has 0 radical (unpaired) electrons. The van der Waals surface area contributed by atoms with Gasteiger partial charge in [0.15, 0.2) is 0 Å². The normalized spacial score (nSPS) is 13.5. The highest BCUT2D eigenvalue weighted by Crippen LogP contribution is 2.63. The molecule has 1 spiro atoms. The Labute approximate surface area is 261 Å². The summed E-state index contributed by atoms with van der Waals surface area (Å²) in [5.74, 6) is 0. The number of fused-ring (bicyclic) bond motifs is 13. The first-order valence-electron chi connectivity index (χ1n) is 15.5. The van der Waals surface area contributed by atoms with E-state index < -0.39 is 0 Å². The Kier molecular flexibility index (Phi) is 4.95. The second-order valence-corrected chi connectivity index (χ2v) is 12.1. The fourth-order valence-corrected chi connectivity index (χ4v) is 8.13. The Morgan fingerprint density at radius 2 is 1.02 bits per heavy atom. The number of hydrogen-bond acceptors (Lipinski definition) is 2. The van der Waals surface area contributed by atoms with E-state index in [1.807, 2.05) is 0 Å². The smallest absolute Gasteiger partial charge is 0.137 e. The quantitative estimate of drug-likeness (QED) is 0.227. The monoisotopic (exact) mass is 573 g/mol. The predicted molar refractivity (Wildman–Crippen MR) is 185 cm³/mol. The predicted octanol–water partition coefficient (Wildman–Crippen LogP) is 11.3. The van der Waals surface area contributed by atoms with Gasteiger partial charge in [0.1, 0.15) is 11.2 Å². The molecular formula is C43H27NO. The zero-order valence-electron chi connectivity index (χ0n) is 24.4. The van der Waals surface area contributed by atoms with E-state index in [1.54, 1.807) is 0 Å². The van der Waals surface area contributed by atoms with E-state index in [-0.39, 0.29) is 5.41 Å². The minimum atomic E-state index is -0.365. The molecule has 0 amide bonds. The van der Waals surface area contributed by atoms with Gasteiger partial charge in [0.2, 0.25) is 0 Å². The van der Waals surface area contributed by atoms with Crippen LogP contribution < -0.4 is 5.32 Å². The van der Waals surface area contributed by atoms with Gasteiger partial charge in [-0.15, -0.1) is 0 Å². The number of hydrogen-bond donors (Lipinski definition) is 1. The standard InChI is InChI=1S/C43H27NO/c1-2-12-27(13-3-1)28-24-25-39-32(26-28)42-38(22-11-23-40(42)45-39)44-37-21-10-20-36-41(37)31-16-6-9-19-35(31)43(36)33-17-7-4-14-29(33)30-15-5-8-18-34(30)43/h1-26,44H. The molecule has 45 heavy (non-hydrogen) atoms. The first-order valence-corrected chi connectivity index (χ1v) is 15.5. The minimum absolute atomic E-state index is 0.365. The molecule has 2 aliphatic carbocycles. The lowest BCUT2D eigenvalue weighted by molar-refractivity contribution is 0.669. The Morgan fingerprint density at radius 1 is 0.422 bits per heavy atom. The lowest BCUT2D eigenvalue weighted by Gasteiger charge is -2.30. The van der Waals surface area contributed by atoms with Crippen LogP contribution in [0.3, 0.4) is 0 Å². The van der Waals surface area contributed by atoms with Crippen LogP contribution in [0.15, 0.2) is 162 Å². The minimum Gasteiger partial charge on any atom is -0.456 e. The summed E-state index contributed by atoms with van der Waals surface area (Å²) in [5.41, 5.74) is 16.4. The third kappa shape index (κ3) is 3.23. The highest BCUT2D eigenvalue weighted by atomic mass is 16.3. The van der Waals surface area contributed by atoms with Crippen molar-refractivity contribution < 1.29 is 4.42 Å². The molecular weight excluding hydrogens is 546 g/mol. The van der Waals surface area contributed by atoms with Crippen LogP contribution >= 0.6 is 0 Å². The van der Waals surface area contributed by atoms with Gasteiger partial charge in [0.25, 0.3) is 0 Å². The first kappa shape index (κ1) is 24.6. The van der Waals surface area contributed by atoms with Crippen LogP contribution in [0.25, 0.3) is 55.3 Å². The number of benzene rings is 7. The van der Waals surface area contributed by atoms with Crippen LogP contribution in [-0.2, 0) is 5.41 Å². The summed E-state index contributed by atoms with van der Waals surface area (Å²) in [6, 6.07) is 57.0. The summed E-state index contributed by atoms with van der Waals surface area (Å²) < 4.78 is 6.38. The Morgan fingerprint density at radius 3 is 1.78 bits per heavy atom. The van der Waals surface area contributed by atoms with Gasteiger partial charge in [0, 0.05) is 16.6 Å². The van der Waals surface area contributed by atoms with Crippen LogP contribution in [0, 0.1) is 0 Å². The molecule has 7 aromatic carbocycles. The Balaban J connectivity index is 1.21. The van der Waals surface area contributed by atoms with Gasteiger partial charge < -0.3 is 9.73 Å². The Bertz CT molecular complexity index is 2420. The maximum atomic E-state index is 6.38. The van der Waals surface area contributed by atoms with E-state index in [1.165, 1.54) is 55.6 Å². The average Bonchev–Trinajstić information content (AvgIpc) is 3.73. The van der Waals surface area contributed by atoms with Crippen molar-refractivity contribution in [2.75, 3.05) is 5.32 Å². The summed E-state index contributed by atoms with van der Waals surface area (Å²) in [6.07, 6.45) is 0. The third-order valence-electron chi connectivity index (χ3n) is 9.89. The van der Waals surface area contributed by atoms with Gasteiger partial charge in [-0.25, -0.2) is 0 Å². The van der Waals surface area contributed by atoms with E-state index in [4.69, 9.17) is 4.42 Å². The molecule has 2 heteroatoms. The van der Waals surface area contributed by atoms with Crippen molar-refractivity contribution in [1.29, 1.82) is 0 Å². The van der Waals surface area contributed by atoms with Crippen LogP contribution in [0.5, 0.6) is 0 Å². The van der Waals surface area contributed by atoms with Crippen molar-refractivity contribution in [3.8, 4) is 33.4 Å². The molecule has 210 valence electrons. The van der Waals surface area contributed by atoms with Gasteiger partial charge in [-0.2, -0.15) is 0 Å². The molecule has 2 nitrogen and oxygen atoms in total. The number of furan rings is 1. The highest BCUT2D eigenvalue weighted by molar-refractivity contribution is 6.13. The molecule has 2 aliphatic rings. The fraction of sp³-hybridized carbons (Fsp3) is 0.0233. The average molecular weight is 574 g/mol. The molecule has 0 fully saturated rings. The molecule has 0 bridgehead atoms. The number of anilines is 2. The van der Waals surface area contributed by atoms with E-state index in [2.05, 4.69) is 163 Å². The molecule has 0 unspecified atom stereocenters. The molecule has 0 saturated carbocycles. The molecule has 1 aromatic heterocycles. The highest BCUT2D eigenvalue weighted by Gasteiger charge is 2.51. The van der Waals surface area contributed by atoms with Crippen molar-refractivity contribution in [3.05, 3.63) is 180 Å². The van der Waals surface area contributed by atoms with Gasteiger partial charge in [0.05, 0.1) is 16.5 Å². The van der Waals surface area contributed by atoms with Crippen molar-refractivity contribution >= 4 is 33.3 Å². The number of rotatable bonds is 3. The van der Waals surface area contributed by atoms with Crippen molar-refractivity contribution in [2.24, 2.45) is 0 Å². The molecule has 1 heterocycles. The molecule has 0 aliphatic heterocycles. The molecule has 8 aromatic rings. The van der Waals surface area contributed by atoms with Crippen molar-refractivity contribution in [2.45, 2.75) is 5.41 Å². The summed E-state index contributed by atoms with van der Waals surface area (Å²) in [7, 11) is 0. The van der Waals surface area contributed by atoms with E-state index in [0.717, 1.165) is 33.3 Å². The lowest BCUT2D eigenvalue weighted by atomic mass is 9.70. The second-order valence-electron chi connectivity index (χ2n) is 12.1. The topological polar surface area (TPSA) is 25.2 Å².